The zero-order chi connectivity index (χ0) is 21.0. The SMILES string of the molecule is COc1ccc(N2C[C@@H](C(=O)NCC(=O)Nc3ccc(F)c(Cl)c3)CC2=O)cc1. The summed E-state index contributed by atoms with van der Waals surface area (Å²) in [6.07, 6.45) is 0.0626. The number of hydrogen-bond donors (Lipinski definition) is 2. The first-order valence-electron chi connectivity index (χ1n) is 8.84. The Kier molecular flexibility index (Phi) is 6.33. The van der Waals surface area contributed by atoms with Gasteiger partial charge in [-0.3, -0.25) is 14.4 Å². The van der Waals surface area contributed by atoms with E-state index in [4.69, 9.17) is 16.3 Å². The first-order chi connectivity index (χ1) is 13.9. The molecule has 1 fully saturated rings. The molecule has 3 amide bonds. The van der Waals surface area contributed by atoms with Gasteiger partial charge in [0, 0.05) is 24.3 Å². The molecule has 1 aliphatic rings. The second kappa shape index (κ2) is 8.91. The molecule has 0 spiro atoms. The molecular formula is C20H19ClFN3O4. The van der Waals surface area contributed by atoms with Crippen LogP contribution in [0.15, 0.2) is 42.5 Å². The lowest BCUT2D eigenvalue weighted by Crippen LogP contribution is -2.37. The highest BCUT2D eigenvalue weighted by Gasteiger charge is 2.35. The van der Waals surface area contributed by atoms with E-state index in [1.54, 1.807) is 31.4 Å². The largest absolute Gasteiger partial charge is 0.497 e. The van der Waals surface area contributed by atoms with Gasteiger partial charge in [0.15, 0.2) is 0 Å². The summed E-state index contributed by atoms with van der Waals surface area (Å²) in [5.74, 6) is -1.52. The van der Waals surface area contributed by atoms with Crippen LogP contribution in [0.2, 0.25) is 5.02 Å². The number of rotatable bonds is 6. The molecule has 2 aromatic carbocycles. The highest BCUT2D eigenvalue weighted by molar-refractivity contribution is 6.31. The van der Waals surface area contributed by atoms with Crippen LogP contribution in [0.5, 0.6) is 5.75 Å². The van der Waals surface area contributed by atoms with Crippen molar-refractivity contribution in [3.8, 4) is 5.75 Å². The molecule has 1 heterocycles. The van der Waals surface area contributed by atoms with E-state index < -0.39 is 17.6 Å². The Balaban J connectivity index is 1.52. The smallest absolute Gasteiger partial charge is 0.243 e. The van der Waals surface area contributed by atoms with Gasteiger partial charge in [0.2, 0.25) is 17.7 Å². The molecule has 0 saturated carbocycles. The lowest BCUT2D eigenvalue weighted by atomic mass is 10.1. The van der Waals surface area contributed by atoms with Gasteiger partial charge in [0.25, 0.3) is 0 Å². The molecular weight excluding hydrogens is 401 g/mol. The number of amides is 3. The predicted molar refractivity (Wildman–Crippen MR) is 107 cm³/mol. The predicted octanol–water partition coefficient (Wildman–Crippen LogP) is 2.60. The molecule has 9 heteroatoms. The molecule has 0 unspecified atom stereocenters. The molecule has 3 rings (SSSR count). The zero-order valence-corrected chi connectivity index (χ0v) is 16.3. The van der Waals surface area contributed by atoms with Gasteiger partial charge >= 0.3 is 0 Å². The molecule has 1 saturated heterocycles. The molecule has 152 valence electrons. The van der Waals surface area contributed by atoms with E-state index in [1.165, 1.54) is 17.0 Å². The highest BCUT2D eigenvalue weighted by atomic mass is 35.5. The van der Waals surface area contributed by atoms with Crippen molar-refractivity contribution in [2.75, 3.05) is 30.4 Å². The number of carbonyl (C=O) groups is 3. The standard InChI is InChI=1S/C20H19ClFN3O4/c1-29-15-5-3-14(4-6-15)25-11-12(8-19(25)27)20(28)23-10-18(26)24-13-2-7-17(22)16(21)9-13/h2-7,9,12H,8,10-11H2,1H3,(H,23,28)(H,24,26)/t12-/m0/s1. The number of carbonyl (C=O) groups excluding carboxylic acids is 3. The summed E-state index contributed by atoms with van der Waals surface area (Å²) < 4.78 is 18.2. The fourth-order valence-electron chi connectivity index (χ4n) is 2.99. The summed E-state index contributed by atoms with van der Waals surface area (Å²) >= 11 is 5.67. The summed E-state index contributed by atoms with van der Waals surface area (Å²) in [5, 5.41) is 4.92. The first kappa shape index (κ1) is 20.6. The zero-order valence-electron chi connectivity index (χ0n) is 15.6. The number of benzene rings is 2. The fourth-order valence-corrected chi connectivity index (χ4v) is 3.17. The summed E-state index contributed by atoms with van der Waals surface area (Å²) in [5.41, 5.74) is 0.995. The number of hydrogen-bond acceptors (Lipinski definition) is 4. The lowest BCUT2D eigenvalue weighted by molar-refractivity contribution is -0.127. The monoisotopic (exact) mass is 419 g/mol. The van der Waals surface area contributed by atoms with Crippen LogP contribution < -0.4 is 20.3 Å². The van der Waals surface area contributed by atoms with Crippen LogP contribution in [-0.4, -0.2) is 37.9 Å². The minimum atomic E-state index is -0.592. The average molecular weight is 420 g/mol. The lowest BCUT2D eigenvalue weighted by Gasteiger charge is -2.17. The Bertz CT molecular complexity index is 936. The fraction of sp³-hybridized carbons (Fsp3) is 0.250. The van der Waals surface area contributed by atoms with Crippen molar-refractivity contribution in [1.82, 2.24) is 5.32 Å². The normalized spacial score (nSPS) is 15.9. The second-order valence-electron chi connectivity index (χ2n) is 6.50. The van der Waals surface area contributed by atoms with E-state index in [0.29, 0.717) is 17.1 Å². The van der Waals surface area contributed by atoms with E-state index in [9.17, 15) is 18.8 Å². The summed E-state index contributed by atoms with van der Waals surface area (Å²) in [6, 6.07) is 10.7. The Hall–Kier alpha value is -3.13. The molecule has 2 aromatic rings. The minimum Gasteiger partial charge on any atom is -0.497 e. The van der Waals surface area contributed by atoms with Crippen LogP contribution in [0.1, 0.15) is 6.42 Å². The van der Waals surface area contributed by atoms with Gasteiger partial charge in [-0.15, -0.1) is 0 Å². The van der Waals surface area contributed by atoms with E-state index in [0.717, 1.165) is 6.07 Å². The molecule has 7 nitrogen and oxygen atoms in total. The molecule has 2 N–H and O–H groups in total. The maximum Gasteiger partial charge on any atom is 0.243 e. The number of methoxy groups -OCH3 is 1. The molecule has 29 heavy (non-hydrogen) atoms. The van der Waals surface area contributed by atoms with Crippen molar-refractivity contribution in [2.45, 2.75) is 6.42 Å². The number of ether oxygens (including phenoxy) is 1. The quantitative estimate of drug-likeness (QED) is 0.753. The summed E-state index contributed by atoms with van der Waals surface area (Å²) in [6.45, 7) is -0.0484. The van der Waals surface area contributed by atoms with E-state index in [1.807, 2.05) is 0 Å². The number of anilines is 2. The van der Waals surface area contributed by atoms with Crippen LogP contribution in [0.4, 0.5) is 15.8 Å². The van der Waals surface area contributed by atoms with Crippen molar-refractivity contribution < 1.29 is 23.5 Å². The molecule has 0 aromatic heterocycles. The summed E-state index contributed by atoms with van der Waals surface area (Å²) in [4.78, 5) is 38.2. The van der Waals surface area contributed by atoms with Gasteiger partial charge in [-0.25, -0.2) is 4.39 Å². The Morgan fingerprint density at radius 3 is 2.62 bits per heavy atom. The van der Waals surface area contributed by atoms with Gasteiger partial charge in [0.05, 0.1) is 24.6 Å². The van der Waals surface area contributed by atoms with E-state index in [-0.39, 0.29) is 36.3 Å². The Morgan fingerprint density at radius 1 is 1.24 bits per heavy atom. The number of nitrogens with zero attached hydrogens (tertiary/aromatic N) is 1. The van der Waals surface area contributed by atoms with Crippen LogP contribution in [-0.2, 0) is 14.4 Å². The number of halogens is 2. The maximum atomic E-state index is 13.1. The molecule has 0 radical (unpaired) electrons. The second-order valence-corrected chi connectivity index (χ2v) is 6.91. The Morgan fingerprint density at radius 2 is 1.97 bits per heavy atom. The average Bonchev–Trinajstić information content (AvgIpc) is 3.11. The van der Waals surface area contributed by atoms with Crippen LogP contribution in [0.25, 0.3) is 0 Å². The number of nitrogens with one attached hydrogen (secondary N) is 2. The maximum absolute atomic E-state index is 13.1. The Labute approximate surface area is 171 Å². The van der Waals surface area contributed by atoms with Crippen LogP contribution >= 0.6 is 11.6 Å². The topological polar surface area (TPSA) is 87.7 Å². The third kappa shape index (κ3) is 5.03. The van der Waals surface area contributed by atoms with Crippen molar-refractivity contribution >= 4 is 40.7 Å². The molecule has 0 aliphatic carbocycles. The van der Waals surface area contributed by atoms with Gasteiger partial charge in [-0.05, 0) is 42.5 Å². The van der Waals surface area contributed by atoms with Gasteiger partial charge in [-0.2, -0.15) is 0 Å². The van der Waals surface area contributed by atoms with Crippen molar-refractivity contribution in [1.29, 1.82) is 0 Å². The van der Waals surface area contributed by atoms with Gasteiger partial charge in [0.1, 0.15) is 11.6 Å². The van der Waals surface area contributed by atoms with Crippen LogP contribution in [0, 0.1) is 11.7 Å². The van der Waals surface area contributed by atoms with Crippen molar-refractivity contribution in [3.63, 3.8) is 0 Å². The molecule has 1 atom stereocenters. The summed E-state index contributed by atoms with van der Waals surface area (Å²) in [7, 11) is 1.55. The first-order valence-corrected chi connectivity index (χ1v) is 9.22. The van der Waals surface area contributed by atoms with E-state index in [2.05, 4.69) is 10.6 Å². The van der Waals surface area contributed by atoms with Gasteiger partial charge < -0.3 is 20.3 Å². The van der Waals surface area contributed by atoms with Gasteiger partial charge in [-0.1, -0.05) is 11.6 Å². The highest BCUT2D eigenvalue weighted by Crippen LogP contribution is 2.27. The molecule has 0 bridgehead atoms. The van der Waals surface area contributed by atoms with Crippen molar-refractivity contribution in [3.05, 3.63) is 53.3 Å². The third-order valence-electron chi connectivity index (χ3n) is 4.51. The van der Waals surface area contributed by atoms with E-state index >= 15 is 0 Å². The van der Waals surface area contributed by atoms with Crippen LogP contribution in [0.3, 0.4) is 0 Å². The minimum absolute atomic E-state index is 0.0626. The van der Waals surface area contributed by atoms with Crippen molar-refractivity contribution in [2.24, 2.45) is 5.92 Å². The third-order valence-corrected chi connectivity index (χ3v) is 4.80. The molecule has 1 aliphatic heterocycles.